The average molecular weight is 240 g/mol. The molecule has 1 rings (SSSR count). The van der Waals surface area contributed by atoms with Crippen molar-refractivity contribution in [1.29, 1.82) is 0 Å². The quantitative estimate of drug-likeness (QED) is 0.748. The minimum Gasteiger partial charge on any atom is -0.355 e. The van der Waals surface area contributed by atoms with Crippen molar-refractivity contribution in [2.24, 2.45) is 11.8 Å². The van der Waals surface area contributed by atoms with Gasteiger partial charge in [-0.15, -0.1) is 0 Å². The van der Waals surface area contributed by atoms with E-state index in [-0.39, 0.29) is 5.91 Å². The molecule has 1 amide bonds. The molecule has 1 fully saturated rings. The summed E-state index contributed by atoms with van der Waals surface area (Å²) in [5.41, 5.74) is 0. The van der Waals surface area contributed by atoms with E-state index in [2.05, 4.69) is 31.4 Å². The third-order valence-corrected chi connectivity index (χ3v) is 3.68. The van der Waals surface area contributed by atoms with Gasteiger partial charge in [-0.2, -0.15) is 0 Å². The summed E-state index contributed by atoms with van der Waals surface area (Å²) in [4.78, 5) is 11.5. The molecule has 0 aromatic rings. The highest BCUT2D eigenvalue weighted by Crippen LogP contribution is 2.26. The first-order valence-electron chi connectivity index (χ1n) is 7.11. The first kappa shape index (κ1) is 14.5. The molecule has 17 heavy (non-hydrogen) atoms. The number of hydrogen-bond donors (Lipinski definition) is 2. The van der Waals surface area contributed by atoms with Gasteiger partial charge in [-0.05, 0) is 37.5 Å². The number of rotatable bonds is 6. The van der Waals surface area contributed by atoms with Gasteiger partial charge in [-0.1, -0.05) is 27.2 Å². The van der Waals surface area contributed by atoms with Gasteiger partial charge in [0, 0.05) is 12.6 Å². The van der Waals surface area contributed by atoms with Crippen LogP contribution in [0.5, 0.6) is 0 Å². The van der Waals surface area contributed by atoms with Crippen molar-refractivity contribution in [3.8, 4) is 0 Å². The van der Waals surface area contributed by atoms with Crippen LogP contribution in [0.25, 0.3) is 0 Å². The van der Waals surface area contributed by atoms with Crippen LogP contribution in [0.1, 0.15) is 52.9 Å². The summed E-state index contributed by atoms with van der Waals surface area (Å²) >= 11 is 0. The molecule has 100 valence electrons. The molecule has 3 nitrogen and oxygen atoms in total. The molecule has 0 aromatic heterocycles. The van der Waals surface area contributed by atoms with Gasteiger partial charge in [0.1, 0.15) is 0 Å². The molecule has 1 aliphatic carbocycles. The smallest absolute Gasteiger partial charge is 0.233 e. The molecule has 1 aliphatic rings. The molecule has 0 saturated heterocycles. The van der Waals surface area contributed by atoms with Gasteiger partial charge < -0.3 is 10.6 Å². The summed E-state index contributed by atoms with van der Waals surface area (Å²) in [7, 11) is 0. The zero-order valence-electron chi connectivity index (χ0n) is 11.6. The maximum atomic E-state index is 11.5. The summed E-state index contributed by atoms with van der Waals surface area (Å²) in [6.45, 7) is 7.76. The molecule has 0 spiro atoms. The van der Waals surface area contributed by atoms with Crippen molar-refractivity contribution in [1.82, 2.24) is 10.6 Å². The Morgan fingerprint density at radius 1 is 1.24 bits per heavy atom. The fourth-order valence-electron chi connectivity index (χ4n) is 2.39. The zero-order chi connectivity index (χ0) is 12.7. The molecule has 0 radical (unpaired) electrons. The summed E-state index contributed by atoms with van der Waals surface area (Å²) in [6.07, 6.45) is 6.41. The van der Waals surface area contributed by atoms with Crippen LogP contribution in [-0.4, -0.2) is 25.0 Å². The second kappa shape index (κ2) is 7.70. The van der Waals surface area contributed by atoms with Crippen LogP contribution in [-0.2, 0) is 4.79 Å². The third-order valence-electron chi connectivity index (χ3n) is 3.68. The monoisotopic (exact) mass is 240 g/mol. The van der Waals surface area contributed by atoms with E-state index >= 15 is 0 Å². The summed E-state index contributed by atoms with van der Waals surface area (Å²) in [5, 5.41) is 6.32. The highest BCUT2D eigenvalue weighted by molar-refractivity contribution is 5.77. The Morgan fingerprint density at radius 3 is 2.41 bits per heavy atom. The van der Waals surface area contributed by atoms with E-state index in [1.54, 1.807) is 0 Å². The highest BCUT2D eigenvalue weighted by atomic mass is 16.1. The molecule has 0 aromatic carbocycles. The van der Waals surface area contributed by atoms with E-state index in [0.717, 1.165) is 12.5 Å². The minimum absolute atomic E-state index is 0.135. The Hall–Kier alpha value is -0.570. The van der Waals surface area contributed by atoms with Crippen molar-refractivity contribution in [3.05, 3.63) is 0 Å². The van der Waals surface area contributed by atoms with E-state index in [9.17, 15) is 4.79 Å². The van der Waals surface area contributed by atoms with Crippen LogP contribution in [0.3, 0.4) is 0 Å². The van der Waals surface area contributed by atoms with Crippen LogP contribution in [0.4, 0.5) is 0 Å². The third kappa shape index (κ3) is 6.06. The molecule has 0 aliphatic heterocycles. The van der Waals surface area contributed by atoms with Gasteiger partial charge in [0.2, 0.25) is 5.91 Å². The Bertz CT molecular complexity index is 220. The largest absolute Gasteiger partial charge is 0.355 e. The van der Waals surface area contributed by atoms with Crippen molar-refractivity contribution < 1.29 is 4.79 Å². The molecule has 0 unspecified atom stereocenters. The van der Waals surface area contributed by atoms with Crippen LogP contribution >= 0.6 is 0 Å². The van der Waals surface area contributed by atoms with Gasteiger partial charge in [0.05, 0.1) is 6.54 Å². The summed E-state index contributed by atoms with van der Waals surface area (Å²) in [5.74, 6) is 1.58. The number of hydrogen-bond acceptors (Lipinski definition) is 2. The van der Waals surface area contributed by atoms with Crippen molar-refractivity contribution in [2.75, 3.05) is 13.1 Å². The lowest BCUT2D eigenvalue weighted by Crippen LogP contribution is -2.41. The molecule has 0 bridgehead atoms. The maximum Gasteiger partial charge on any atom is 0.233 e. The van der Waals surface area contributed by atoms with Gasteiger partial charge in [0.25, 0.3) is 0 Å². The first-order chi connectivity index (χ1) is 8.11. The minimum atomic E-state index is 0.135. The van der Waals surface area contributed by atoms with Gasteiger partial charge in [-0.25, -0.2) is 0 Å². The van der Waals surface area contributed by atoms with Crippen molar-refractivity contribution in [3.63, 3.8) is 0 Å². The number of amides is 1. The van der Waals surface area contributed by atoms with Crippen molar-refractivity contribution >= 4 is 5.91 Å². The Balaban J connectivity index is 2.08. The second-order valence-electron chi connectivity index (χ2n) is 5.70. The molecule has 1 saturated carbocycles. The van der Waals surface area contributed by atoms with E-state index < -0.39 is 0 Å². The Morgan fingerprint density at radius 2 is 1.88 bits per heavy atom. The van der Waals surface area contributed by atoms with Gasteiger partial charge in [0.15, 0.2) is 0 Å². The lowest BCUT2D eigenvalue weighted by molar-refractivity contribution is -0.120. The first-order valence-corrected chi connectivity index (χ1v) is 7.11. The molecular weight excluding hydrogens is 212 g/mol. The average Bonchev–Trinajstić information content (AvgIpc) is 2.34. The molecule has 2 N–H and O–H groups in total. The molecule has 0 heterocycles. The lowest BCUT2D eigenvalue weighted by atomic mass is 9.84. The van der Waals surface area contributed by atoms with Crippen LogP contribution < -0.4 is 10.6 Å². The summed E-state index contributed by atoms with van der Waals surface area (Å²) in [6, 6.07) is 0.558. The molecule has 0 atom stereocenters. The number of carbonyl (C=O) groups is 1. The fourth-order valence-corrected chi connectivity index (χ4v) is 2.39. The normalized spacial score (nSPS) is 24.9. The van der Waals surface area contributed by atoms with E-state index in [1.807, 2.05) is 0 Å². The van der Waals surface area contributed by atoms with Crippen LogP contribution in [0.2, 0.25) is 0 Å². The van der Waals surface area contributed by atoms with E-state index in [0.29, 0.717) is 18.5 Å². The molecule has 3 heteroatoms. The predicted molar refractivity (Wildman–Crippen MR) is 71.9 cm³/mol. The van der Waals surface area contributed by atoms with Crippen molar-refractivity contribution in [2.45, 2.75) is 58.9 Å². The number of nitrogens with one attached hydrogen (secondary N) is 2. The lowest BCUT2D eigenvalue weighted by Gasteiger charge is -2.28. The standard InChI is InChI=1S/C14H28N2O/c1-4-12-5-7-13(8-6-12)15-10-14(17)16-9-11(2)3/h11-13,15H,4-10H2,1-3H3,(H,16,17). The van der Waals surface area contributed by atoms with Crippen LogP contribution in [0.15, 0.2) is 0 Å². The summed E-state index contributed by atoms with van der Waals surface area (Å²) < 4.78 is 0. The topological polar surface area (TPSA) is 41.1 Å². The Kier molecular flexibility index (Phi) is 6.56. The molecular formula is C14H28N2O. The van der Waals surface area contributed by atoms with E-state index in [4.69, 9.17) is 0 Å². The maximum absolute atomic E-state index is 11.5. The fraction of sp³-hybridized carbons (Fsp3) is 0.929. The number of carbonyl (C=O) groups excluding carboxylic acids is 1. The van der Waals surface area contributed by atoms with Gasteiger partial charge >= 0.3 is 0 Å². The predicted octanol–water partition coefficient (Wildman–Crippen LogP) is 2.32. The van der Waals surface area contributed by atoms with Gasteiger partial charge in [-0.3, -0.25) is 4.79 Å². The highest BCUT2D eigenvalue weighted by Gasteiger charge is 2.19. The van der Waals surface area contributed by atoms with E-state index in [1.165, 1.54) is 32.1 Å². The second-order valence-corrected chi connectivity index (χ2v) is 5.70. The SMILES string of the molecule is CCC1CCC(NCC(=O)NCC(C)C)CC1. The van der Waals surface area contributed by atoms with Crippen LogP contribution in [0, 0.1) is 11.8 Å². The zero-order valence-corrected chi connectivity index (χ0v) is 11.6. The Labute approximate surface area is 106 Å².